The van der Waals surface area contributed by atoms with Gasteiger partial charge in [-0.3, -0.25) is 9.59 Å². The molecule has 0 bridgehead atoms. The summed E-state index contributed by atoms with van der Waals surface area (Å²) >= 11 is 1.46. The predicted octanol–water partition coefficient (Wildman–Crippen LogP) is 2.83. The molecule has 138 valence electrons. The highest BCUT2D eigenvalue weighted by Gasteiger charge is 2.49. The van der Waals surface area contributed by atoms with Crippen LogP contribution in [-0.4, -0.2) is 46.2 Å². The van der Waals surface area contributed by atoms with Crippen molar-refractivity contribution in [2.75, 3.05) is 13.1 Å². The van der Waals surface area contributed by atoms with Crippen LogP contribution in [0.3, 0.4) is 0 Å². The van der Waals surface area contributed by atoms with Crippen molar-refractivity contribution in [2.45, 2.75) is 32.3 Å². The number of aliphatic carboxylic acids is 1. The van der Waals surface area contributed by atoms with Crippen molar-refractivity contribution in [3.63, 3.8) is 0 Å². The number of carboxylic acids is 1. The second-order valence-electron chi connectivity index (χ2n) is 6.76. The van der Waals surface area contributed by atoms with Gasteiger partial charge in [0.15, 0.2) is 0 Å². The highest BCUT2D eigenvalue weighted by atomic mass is 32.1. The third kappa shape index (κ3) is 3.52. The monoisotopic (exact) mass is 373 g/mol. The zero-order valence-electron chi connectivity index (χ0n) is 14.7. The SMILES string of the molecule is CCc1ccc(C(=O)N2CC[C@](Cc3ccccc3)(C(=O)O)[C@@H](O)C2)s1. The Labute approximate surface area is 156 Å². The molecular formula is C20H23NO4S. The second-order valence-corrected chi connectivity index (χ2v) is 7.93. The number of piperidine rings is 1. The van der Waals surface area contributed by atoms with Crippen molar-refractivity contribution >= 4 is 23.2 Å². The van der Waals surface area contributed by atoms with Gasteiger partial charge in [0.05, 0.1) is 11.0 Å². The Morgan fingerprint density at radius 3 is 2.54 bits per heavy atom. The number of hydrogen-bond donors (Lipinski definition) is 2. The lowest BCUT2D eigenvalue weighted by molar-refractivity contribution is -0.161. The summed E-state index contributed by atoms with van der Waals surface area (Å²) in [5, 5.41) is 20.5. The number of thiophene rings is 1. The Morgan fingerprint density at radius 2 is 1.96 bits per heavy atom. The number of amides is 1. The van der Waals surface area contributed by atoms with Gasteiger partial charge in [-0.1, -0.05) is 37.3 Å². The van der Waals surface area contributed by atoms with Gasteiger partial charge in [-0.2, -0.15) is 0 Å². The number of hydrogen-bond acceptors (Lipinski definition) is 4. The third-order valence-electron chi connectivity index (χ3n) is 5.16. The minimum absolute atomic E-state index is 0.0390. The van der Waals surface area contributed by atoms with E-state index in [1.165, 1.54) is 11.3 Å². The maximum Gasteiger partial charge on any atom is 0.312 e. The number of aliphatic hydroxyl groups excluding tert-OH is 1. The molecule has 1 aliphatic rings. The minimum atomic E-state index is -1.26. The van der Waals surface area contributed by atoms with Crippen molar-refractivity contribution in [1.29, 1.82) is 0 Å². The molecule has 1 aliphatic heterocycles. The number of β-amino-alcohol motifs (C(OH)–C–C–N with tert-alkyl or cyclic N) is 1. The minimum Gasteiger partial charge on any atom is -0.481 e. The number of benzene rings is 1. The topological polar surface area (TPSA) is 77.8 Å². The summed E-state index contributed by atoms with van der Waals surface area (Å²) in [5.74, 6) is -1.14. The molecule has 2 N–H and O–H groups in total. The quantitative estimate of drug-likeness (QED) is 0.845. The molecule has 1 amide bonds. The van der Waals surface area contributed by atoms with Crippen molar-refractivity contribution in [3.05, 3.63) is 57.8 Å². The van der Waals surface area contributed by atoms with Crippen LogP contribution in [0.1, 0.15) is 33.5 Å². The summed E-state index contributed by atoms with van der Waals surface area (Å²) in [6.45, 7) is 2.40. The number of nitrogens with zero attached hydrogens (tertiary/aromatic N) is 1. The van der Waals surface area contributed by atoms with Crippen LogP contribution >= 0.6 is 11.3 Å². The summed E-state index contributed by atoms with van der Waals surface area (Å²) in [7, 11) is 0. The summed E-state index contributed by atoms with van der Waals surface area (Å²) in [4.78, 5) is 28.1. The summed E-state index contributed by atoms with van der Waals surface area (Å²) in [6.07, 6.45) is 0.255. The molecule has 1 aromatic carbocycles. The molecule has 1 aromatic heterocycles. The largest absolute Gasteiger partial charge is 0.481 e. The predicted molar refractivity (Wildman–Crippen MR) is 100 cm³/mol. The zero-order valence-corrected chi connectivity index (χ0v) is 15.5. The van der Waals surface area contributed by atoms with E-state index in [-0.39, 0.29) is 25.3 Å². The number of aliphatic hydroxyl groups is 1. The molecule has 2 aromatic rings. The van der Waals surface area contributed by atoms with Gasteiger partial charge < -0.3 is 15.1 Å². The first kappa shape index (κ1) is 18.6. The molecule has 0 unspecified atom stereocenters. The van der Waals surface area contributed by atoms with E-state index in [2.05, 4.69) is 0 Å². The van der Waals surface area contributed by atoms with Crippen molar-refractivity contribution in [2.24, 2.45) is 5.41 Å². The molecule has 26 heavy (non-hydrogen) atoms. The third-order valence-corrected chi connectivity index (χ3v) is 6.37. The van der Waals surface area contributed by atoms with Crippen LogP contribution in [0.15, 0.2) is 42.5 Å². The molecule has 0 aliphatic carbocycles. The van der Waals surface area contributed by atoms with E-state index in [4.69, 9.17) is 0 Å². The number of rotatable bonds is 5. The lowest BCUT2D eigenvalue weighted by Gasteiger charge is -2.42. The smallest absolute Gasteiger partial charge is 0.312 e. The first-order valence-electron chi connectivity index (χ1n) is 8.79. The molecule has 1 saturated heterocycles. The van der Waals surface area contributed by atoms with E-state index in [1.54, 1.807) is 11.0 Å². The molecule has 2 heterocycles. The van der Waals surface area contributed by atoms with E-state index < -0.39 is 17.5 Å². The molecule has 0 saturated carbocycles. The van der Waals surface area contributed by atoms with E-state index in [9.17, 15) is 19.8 Å². The Morgan fingerprint density at radius 1 is 1.23 bits per heavy atom. The van der Waals surface area contributed by atoms with Crippen LogP contribution in [0.2, 0.25) is 0 Å². The highest BCUT2D eigenvalue weighted by molar-refractivity contribution is 7.14. The number of carbonyl (C=O) groups is 2. The first-order chi connectivity index (χ1) is 12.5. The van der Waals surface area contributed by atoms with Crippen LogP contribution in [0.25, 0.3) is 0 Å². The zero-order chi connectivity index (χ0) is 18.7. The number of aryl methyl sites for hydroxylation is 1. The van der Waals surface area contributed by atoms with E-state index in [0.29, 0.717) is 11.4 Å². The van der Waals surface area contributed by atoms with Crippen LogP contribution in [0.5, 0.6) is 0 Å². The normalized spacial score (nSPS) is 23.0. The van der Waals surface area contributed by atoms with E-state index >= 15 is 0 Å². The van der Waals surface area contributed by atoms with Crippen molar-refractivity contribution < 1.29 is 19.8 Å². The van der Waals surface area contributed by atoms with Gasteiger partial charge in [-0.05, 0) is 37.0 Å². The van der Waals surface area contributed by atoms with Crippen LogP contribution < -0.4 is 0 Å². The van der Waals surface area contributed by atoms with E-state index in [1.807, 2.05) is 43.3 Å². The van der Waals surface area contributed by atoms with Crippen molar-refractivity contribution in [1.82, 2.24) is 4.90 Å². The lowest BCUT2D eigenvalue weighted by Crippen LogP contribution is -2.57. The first-order valence-corrected chi connectivity index (χ1v) is 9.61. The fraction of sp³-hybridized carbons (Fsp3) is 0.400. The maximum atomic E-state index is 12.7. The average molecular weight is 373 g/mol. The van der Waals surface area contributed by atoms with Crippen LogP contribution in [0.4, 0.5) is 0 Å². The molecule has 6 heteroatoms. The second kappa shape index (κ2) is 7.60. The fourth-order valence-electron chi connectivity index (χ4n) is 3.49. The van der Waals surface area contributed by atoms with Gasteiger partial charge in [0.25, 0.3) is 5.91 Å². The molecule has 1 fully saturated rings. The van der Waals surface area contributed by atoms with Gasteiger partial charge in [-0.25, -0.2) is 0 Å². The van der Waals surface area contributed by atoms with Crippen molar-refractivity contribution in [3.8, 4) is 0 Å². The standard InChI is InChI=1S/C20H23NO4S/c1-2-15-8-9-16(26-15)18(23)21-11-10-20(19(24)25,17(22)13-21)12-14-6-4-3-5-7-14/h3-9,17,22H,2,10-13H2,1H3,(H,24,25)/t17-,20+/m0/s1. The van der Waals surface area contributed by atoms with Gasteiger partial charge in [0, 0.05) is 18.0 Å². The van der Waals surface area contributed by atoms with Gasteiger partial charge in [0.1, 0.15) is 5.41 Å². The van der Waals surface area contributed by atoms with Gasteiger partial charge in [-0.15, -0.1) is 11.3 Å². The molecule has 2 atom stereocenters. The molecule has 5 nitrogen and oxygen atoms in total. The van der Waals surface area contributed by atoms with Crippen LogP contribution in [0, 0.1) is 5.41 Å². The molecular weight excluding hydrogens is 350 g/mol. The summed E-state index contributed by atoms with van der Waals surface area (Å²) in [6, 6.07) is 13.1. The summed E-state index contributed by atoms with van der Waals surface area (Å²) in [5.41, 5.74) is -0.387. The van der Waals surface area contributed by atoms with Gasteiger partial charge >= 0.3 is 5.97 Å². The molecule has 0 radical (unpaired) electrons. The molecule has 3 rings (SSSR count). The lowest BCUT2D eigenvalue weighted by atomic mass is 9.71. The van der Waals surface area contributed by atoms with Gasteiger partial charge in [0.2, 0.25) is 0 Å². The Bertz CT molecular complexity index is 788. The number of likely N-dealkylation sites (tertiary alicyclic amines) is 1. The van der Waals surface area contributed by atoms with E-state index in [0.717, 1.165) is 16.9 Å². The molecule has 0 spiro atoms. The highest BCUT2D eigenvalue weighted by Crippen LogP contribution is 2.36. The fourth-order valence-corrected chi connectivity index (χ4v) is 4.41. The average Bonchev–Trinajstić information content (AvgIpc) is 3.12. The Balaban J connectivity index is 1.76. The Hall–Kier alpha value is -2.18. The Kier molecular flexibility index (Phi) is 5.44. The summed E-state index contributed by atoms with van der Waals surface area (Å²) < 4.78 is 0. The maximum absolute atomic E-state index is 12.7. The number of carboxylic acid groups (broad SMARTS) is 1. The number of carbonyl (C=O) groups excluding carboxylic acids is 1. The van der Waals surface area contributed by atoms with Crippen LogP contribution in [-0.2, 0) is 17.6 Å².